The van der Waals surface area contributed by atoms with E-state index >= 15 is 0 Å². The van der Waals surface area contributed by atoms with Crippen LogP contribution >= 0.6 is 11.6 Å². The number of rotatable bonds is 4. The van der Waals surface area contributed by atoms with Crippen molar-refractivity contribution < 1.29 is 17.9 Å². The van der Waals surface area contributed by atoms with E-state index in [1.807, 2.05) is 0 Å². The molecular formula is C10H11ClF3NO. The summed E-state index contributed by atoms with van der Waals surface area (Å²) in [5.41, 5.74) is 2.11. The van der Waals surface area contributed by atoms with Gasteiger partial charge in [0.2, 0.25) is 0 Å². The summed E-state index contributed by atoms with van der Waals surface area (Å²) in [6.07, 6.45) is -2.77. The summed E-state index contributed by atoms with van der Waals surface area (Å²) in [4.78, 5) is 3.99. The van der Waals surface area contributed by atoms with E-state index in [2.05, 4.69) is 9.72 Å². The number of pyridine rings is 1. The summed E-state index contributed by atoms with van der Waals surface area (Å²) in [6.45, 7) is 0.356. The Morgan fingerprint density at radius 2 is 2.12 bits per heavy atom. The molecule has 0 bridgehead atoms. The van der Waals surface area contributed by atoms with Crippen molar-refractivity contribution in [1.82, 2.24) is 4.98 Å². The Labute approximate surface area is 96.4 Å². The molecule has 6 heteroatoms. The Hall–Kier alpha value is -0.810. The maximum Gasteiger partial charge on any atom is 0.411 e. The second-order valence-electron chi connectivity index (χ2n) is 3.35. The molecule has 0 saturated carbocycles. The monoisotopic (exact) mass is 253 g/mol. The molecule has 0 N–H and O–H groups in total. The molecule has 2 nitrogen and oxygen atoms in total. The third kappa shape index (κ3) is 4.37. The molecule has 0 unspecified atom stereocenters. The van der Waals surface area contributed by atoms with E-state index in [0.29, 0.717) is 11.6 Å². The average Bonchev–Trinajstić information content (AvgIpc) is 2.18. The zero-order valence-corrected chi connectivity index (χ0v) is 9.40. The van der Waals surface area contributed by atoms with Gasteiger partial charge in [0.1, 0.15) is 6.61 Å². The topological polar surface area (TPSA) is 22.1 Å². The molecule has 1 rings (SSSR count). The van der Waals surface area contributed by atoms with Crippen molar-refractivity contribution in [1.29, 1.82) is 0 Å². The maximum absolute atomic E-state index is 11.8. The molecule has 16 heavy (non-hydrogen) atoms. The predicted octanol–water partition coefficient (Wildman–Crippen LogP) is 3.21. The van der Waals surface area contributed by atoms with E-state index in [0.717, 1.165) is 11.1 Å². The fourth-order valence-corrected chi connectivity index (χ4v) is 1.30. The van der Waals surface area contributed by atoms with Crippen LogP contribution in [0.2, 0.25) is 0 Å². The number of aromatic nitrogens is 1. The summed E-state index contributed by atoms with van der Waals surface area (Å²) in [7, 11) is 0. The normalized spacial score (nSPS) is 11.8. The van der Waals surface area contributed by atoms with E-state index in [4.69, 9.17) is 11.6 Å². The maximum atomic E-state index is 11.8. The third-order valence-corrected chi connectivity index (χ3v) is 2.21. The van der Waals surface area contributed by atoms with Crippen LogP contribution in [0.1, 0.15) is 16.8 Å². The summed E-state index contributed by atoms with van der Waals surface area (Å²) in [6, 6.07) is 1.78. The zero-order chi connectivity index (χ0) is 12.2. The molecule has 0 fully saturated rings. The summed E-state index contributed by atoms with van der Waals surface area (Å²) in [5, 5.41) is 0. The Morgan fingerprint density at radius 1 is 1.44 bits per heavy atom. The Morgan fingerprint density at radius 3 is 2.62 bits per heavy atom. The smallest absolute Gasteiger partial charge is 0.366 e. The fraction of sp³-hybridized carbons (Fsp3) is 0.500. The van der Waals surface area contributed by atoms with Crippen LogP contribution in [0.25, 0.3) is 0 Å². The van der Waals surface area contributed by atoms with Crippen LogP contribution in [0.15, 0.2) is 12.3 Å². The highest BCUT2D eigenvalue weighted by atomic mass is 35.5. The lowest BCUT2D eigenvalue weighted by atomic mass is 10.2. The first-order valence-corrected chi connectivity index (χ1v) is 5.10. The van der Waals surface area contributed by atoms with Crippen molar-refractivity contribution in [2.45, 2.75) is 25.6 Å². The highest BCUT2D eigenvalue weighted by molar-refractivity contribution is 6.17. The quantitative estimate of drug-likeness (QED) is 0.769. The SMILES string of the molecule is Cc1cc(CCl)cnc1COCC(F)(F)F. The molecule has 0 amide bonds. The van der Waals surface area contributed by atoms with Crippen LogP contribution in [-0.4, -0.2) is 17.8 Å². The van der Waals surface area contributed by atoms with Crippen molar-refractivity contribution >= 4 is 11.6 Å². The van der Waals surface area contributed by atoms with Gasteiger partial charge in [0, 0.05) is 12.1 Å². The third-order valence-electron chi connectivity index (χ3n) is 1.90. The first-order chi connectivity index (χ1) is 7.42. The van der Waals surface area contributed by atoms with Crippen LogP contribution in [0.4, 0.5) is 13.2 Å². The van der Waals surface area contributed by atoms with Gasteiger partial charge in [-0.1, -0.05) is 6.07 Å². The van der Waals surface area contributed by atoms with Gasteiger partial charge in [-0.05, 0) is 18.1 Å². The van der Waals surface area contributed by atoms with Crippen LogP contribution in [0, 0.1) is 6.92 Å². The molecule has 0 spiro atoms. The number of halogens is 4. The van der Waals surface area contributed by atoms with Gasteiger partial charge in [-0.3, -0.25) is 4.98 Å². The van der Waals surface area contributed by atoms with Crippen molar-refractivity contribution in [3.8, 4) is 0 Å². The molecule has 1 heterocycles. The number of ether oxygens (including phenoxy) is 1. The van der Waals surface area contributed by atoms with Crippen LogP contribution in [0.3, 0.4) is 0 Å². The van der Waals surface area contributed by atoms with Crippen molar-refractivity contribution in [3.05, 3.63) is 29.1 Å². The van der Waals surface area contributed by atoms with Gasteiger partial charge in [-0.2, -0.15) is 13.2 Å². The van der Waals surface area contributed by atoms with E-state index in [1.165, 1.54) is 6.20 Å². The molecule has 1 aromatic heterocycles. The minimum Gasteiger partial charge on any atom is -0.366 e. The first-order valence-electron chi connectivity index (χ1n) is 4.57. The molecule has 0 saturated heterocycles. The van der Waals surface area contributed by atoms with Gasteiger partial charge in [-0.25, -0.2) is 0 Å². The van der Waals surface area contributed by atoms with E-state index < -0.39 is 12.8 Å². The lowest BCUT2D eigenvalue weighted by Gasteiger charge is -2.09. The Balaban J connectivity index is 2.55. The number of alkyl halides is 4. The molecule has 90 valence electrons. The highest BCUT2D eigenvalue weighted by Crippen LogP contribution is 2.16. The van der Waals surface area contributed by atoms with E-state index in [1.54, 1.807) is 13.0 Å². The predicted molar refractivity (Wildman–Crippen MR) is 54.2 cm³/mol. The lowest BCUT2D eigenvalue weighted by molar-refractivity contribution is -0.176. The average molecular weight is 254 g/mol. The second-order valence-corrected chi connectivity index (χ2v) is 3.62. The van der Waals surface area contributed by atoms with Crippen molar-refractivity contribution in [2.75, 3.05) is 6.61 Å². The number of nitrogens with zero attached hydrogens (tertiary/aromatic N) is 1. The van der Waals surface area contributed by atoms with Gasteiger partial charge in [-0.15, -0.1) is 11.6 Å². The largest absolute Gasteiger partial charge is 0.411 e. The summed E-state index contributed by atoms with van der Waals surface area (Å²) >= 11 is 5.60. The molecule has 0 atom stereocenters. The van der Waals surface area contributed by atoms with E-state index in [9.17, 15) is 13.2 Å². The van der Waals surface area contributed by atoms with Crippen LogP contribution in [0.5, 0.6) is 0 Å². The Bertz CT molecular complexity index is 354. The Kier molecular flexibility index (Phi) is 4.56. The molecule has 0 aliphatic heterocycles. The van der Waals surface area contributed by atoms with Crippen molar-refractivity contribution in [2.24, 2.45) is 0 Å². The van der Waals surface area contributed by atoms with Crippen LogP contribution in [-0.2, 0) is 17.2 Å². The molecule has 0 radical (unpaired) electrons. The minimum absolute atomic E-state index is 0.145. The number of hydrogen-bond acceptors (Lipinski definition) is 2. The van der Waals surface area contributed by atoms with Crippen molar-refractivity contribution in [3.63, 3.8) is 0 Å². The molecule has 0 aromatic carbocycles. The zero-order valence-electron chi connectivity index (χ0n) is 8.64. The molecule has 0 aliphatic rings. The summed E-state index contributed by atoms with van der Waals surface area (Å²) in [5.74, 6) is 0.331. The van der Waals surface area contributed by atoms with E-state index in [-0.39, 0.29) is 6.61 Å². The van der Waals surface area contributed by atoms with Crippen LogP contribution < -0.4 is 0 Å². The number of hydrogen-bond donors (Lipinski definition) is 0. The molecular weight excluding hydrogens is 243 g/mol. The molecule has 1 aromatic rings. The second kappa shape index (κ2) is 5.50. The summed E-state index contributed by atoms with van der Waals surface area (Å²) < 4.78 is 40.0. The standard InChI is InChI=1S/C10H11ClF3NO/c1-7-2-8(3-11)4-15-9(7)5-16-6-10(12,13)14/h2,4H,3,5-6H2,1H3. The van der Waals surface area contributed by atoms with Gasteiger partial charge >= 0.3 is 6.18 Å². The van der Waals surface area contributed by atoms with Gasteiger partial charge in [0.25, 0.3) is 0 Å². The minimum atomic E-state index is -4.30. The number of aryl methyl sites for hydroxylation is 1. The van der Waals surface area contributed by atoms with Gasteiger partial charge < -0.3 is 4.74 Å². The molecule has 0 aliphatic carbocycles. The fourth-order valence-electron chi connectivity index (χ4n) is 1.15. The highest BCUT2D eigenvalue weighted by Gasteiger charge is 2.27. The lowest BCUT2D eigenvalue weighted by Crippen LogP contribution is -2.17. The first kappa shape index (κ1) is 13.3. The van der Waals surface area contributed by atoms with Gasteiger partial charge in [0.15, 0.2) is 0 Å². The van der Waals surface area contributed by atoms with Gasteiger partial charge in [0.05, 0.1) is 12.3 Å².